The molecule has 1 aliphatic rings. The highest BCUT2D eigenvalue weighted by Crippen LogP contribution is 2.44. The summed E-state index contributed by atoms with van der Waals surface area (Å²) in [5.41, 5.74) is 8.97. The Bertz CT molecular complexity index is 357. The van der Waals surface area contributed by atoms with Gasteiger partial charge in [-0.25, -0.2) is 0 Å². The molecule has 2 rings (SSSR count). The van der Waals surface area contributed by atoms with Crippen molar-refractivity contribution in [1.82, 2.24) is 0 Å². The predicted molar refractivity (Wildman–Crippen MR) is 63.4 cm³/mol. The van der Waals surface area contributed by atoms with E-state index in [9.17, 15) is 0 Å². The third-order valence-electron chi connectivity index (χ3n) is 3.57. The summed E-state index contributed by atoms with van der Waals surface area (Å²) < 4.78 is 1.24. The van der Waals surface area contributed by atoms with Crippen LogP contribution in [0.2, 0.25) is 0 Å². The van der Waals surface area contributed by atoms with Crippen LogP contribution in [0.4, 0.5) is 0 Å². The SMILES string of the molecule is CC1(C)c2cccc(Br)c2CC1CN. The van der Waals surface area contributed by atoms with E-state index in [1.54, 1.807) is 0 Å². The summed E-state index contributed by atoms with van der Waals surface area (Å²) in [5, 5.41) is 0. The van der Waals surface area contributed by atoms with Gasteiger partial charge in [-0.1, -0.05) is 41.9 Å². The highest BCUT2D eigenvalue weighted by Gasteiger charge is 2.38. The molecule has 1 atom stereocenters. The van der Waals surface area contributed by atoms with Crippen LogP contribution in [0, 0.1) is 5.92 Å². The average molecular weight is 254 g/mol. The second-order valence-electron chi connectivity index (χ2n) is 4.62. The summed E-state index contributed by atoms with van der Waals surface area (Å²) in [6, 6.07) is 6.47. The predicted octanol–water partition coefficient (Wildman–Crippen LogP) is 2.86. The molecule has 0 saturated carbocycles. The van der Waals surface area contributed by atoms with Gasteiger partial charge in [0.05, 0.1) is 0 Å². The lowest BCUT2D eigenvalue weighted by Crippen LogP contribution is -2.30. The van der Waals surface area contributed by atoms with Gasteiger partial charge >= 0.3 is 0 Å². The maximum atomic E-state index is 5.82. The van der Waals surface area contributed by atoms with E-state index in [4.69, 9.17) is 5.73 Å². The van der Waals surface area contributed by atoms with E-state index in [1.807, 2.05) is 0 Å². The summed E-state index contributed by atoms with van der Waals surface area (Å²) in [4.78, 5) is 0. The van der Waals surface area contributed by atoms with Crippen LogP contribution in [0.25, 0.3) is 0 Å². The third kappa shape index (κ3) is 1.32. The van der Waals surface area contributed by atoms with E-state index in [2.05, 4.69) is 48.0 Å². The Morgan fingerprint density at radius 2 is 2.21 bits per heavy atom. The molecule has 0 amide bonds. The topological polar surface area (TPSA) is 26.0 Å². The van der Waals surface area contributed by atoms with E-state index in [1.165, 1.54) is 15.6 Å². The van der Waals surface area contributed by atoms with Gasteiger partial charge in [-0.05, 0) is 41.5 Å². The number of nitrogens with two attached hydrogens (primary N) is 1. The molecular weight excluding hydrogens is 238 g/mol. The van der Waals surface area contributed by atoms with Crippen molar-refractivity contribution in [2.75, 3.05) is 6.54 Å². The summed E-state index contributed by atoms with van der Waals surface area (Å²) in [7, 11) is 0. The standard InChI is InChI=1S/C12H16BrN/c1-12(2)8(7-14)6-9-10(12)4-3-5-11(9)13/h3-5,8H,6-7,14H2,1-2H3. The molecule has 0 saturated heterocycles. The normalized spacial score (nSPS) is 23.6. The molecule has 0 aliphatic heterocycles. The summed E-state index contributed by atoms with van der Waals surface area (Å²) in [5.74, 6) is 0.580. The maximum absolute atomic E-state index is 5.82. The Morgan fingerprint density at radius 1 is 1.50 bits per heavy atom. The van der Waals surface area contributed by atoms with Crippen molar-refractivity contribution in [3.8, 4) is 0 Å². The molecule has 1 aliphatic carbocycles. The summed E-state index contributed by atoms with van der Waals surface area (Å²) in [6.07, 6.45) is 1.11. The van der Waals surface area contributed by atoms with Gasteiger partial charge in [0.2, 0.25) is 0 Å². The zero-order chi connectivity index (χ0) is 10.3. The molecule has 14 heavy (non-hydrogen) atoms. The molecule has 76 valence electrons. The van der Waals surface area contributed by atoms with Crippen LogP contribution in [0.15, 0.2) is 22.7 Å². The molecule has 1 nitrogen and oxygen atoms in total. The first kappa shape index (κ1) is 10.2. The summed E-state index contributed by atoms with van der Waals surface area (Å²) in [6.45, 7) is 5.36. The fourth-order valence-corrected chi connectivity index (χ4v) is 3.00. The van der Waals surface area contributed by atoms with Crippen molar-refractivity contribution in [2.45, 2.75) is 25.7 Å². The zero-order valence-corrected chi connectivity index (χ0v) is 10.3. The highest BCUT2D eigenvalue weighted by molar-refractivity contribution is 9.10. The largest absolute Gasteiger partial charge is 0.330 e. The number of fused-ring (bicyclic) bond motifs is 1. The zero-order valence-electron chi connectivity index (χ0n) is 8.68. The van der Waals surface area contributed by atoms with Crippen molar-refractivity contribution in [3.63, 3.8) is 0 Å². The van der Waals surface area contributed by atoms with Crippen LogP contribution in [0.5, 0.6) is 0 Å². The van der Waals surface area contributed by atoms with Crippen molar-refractivity contribution >= 4 is 15.9 Å². The van der Waals surface area contributed by atoms with Crippen molar-refractivity contribution in [1.29, 1.82) is 0 Å². The lowest BCUT2D eigenvalue weighted by molar-refractivity contribution is 0.358. The second-order valence-corrected chi connectivity index (χ2v) is 5.48. The molecule has 1 aromatic rings. The van der Waals surface area contributed by atoms with E-state index in [0.717, 1.165) is 13.0 Å². The molecule has 1 aromatic carbocycles. The van der Waals surface area contributed by atoms with E-state index >= 15 is 0 Å². The number of hydrogen-bond donors (Lipinski definition) is 1. The number of benzene rings is 1. The fraction of sp³-hybridized carbons (Fsp3) is 0.500. The van der Waals surface area contributed by atoms with Gasteiger partial charge in [-0.15, -0.1) is 0 Å². The molecule has 2 heteroatoms. The molecule has 0 spiro atoms. The van der Waals surface area contributed by atoms with Crippen LogP contribution in [-0.4, -0.2) is 6.54 Å². The monoisotopic (exact) mass is 253 g/mol. The minimum absolute atomic E-state index is 0.230. The molecular formula is C12H16BrN. The second kappa shape index (κ2) is 3.35. The molecule has 0 bridgehead atoms. The van der Waals surface area contributed by atoms with Crippen LogP contribution in [0.3, 0.4) is 0 Å². The van der Waals surface area contributed by atoms with Crippen molar-refractivity contribution < 1.29 is 0 Å². The molecule has 0 heterocycles. The highest BCUT2D eigenvalue weighted by atomic mass is 79.9. The van der Waals surface area contributed by atoms with Crippen molar-refractivity contribution in [3.05, 3.63) is 33.8 Å². The minimum atomic E-state index is 0.230. The molecule has 0 fully saturated rings. The first-order valence-corrected chi connectivity index (χ1v) is 5.84. The van der Waals surface area contributed by atoms with E-state index in [0.29, 0.717) is 5.92 Å². The first-order valence-electron chi connectivity index (χ1n) is 5.05. The van der Waals surface area contributed by atoms with E-state index < -0.39 is 0 Å². The van der Waals surface area contributed by atoms with Crippen LogP contribution in [-0.2, 0) is 11.8 Å². The van der Waals surface area contributed by atoms with Gasteiger partial charge in [0.15, 0.2) is 0 Å². The van der Waals surface area contributed by atoms with Gasteiger partial charge in [0, 0.05) is 4.47 Å². The quantitative estimate of drug-likeness (QED) is 0.819. The minimum Gasteiger partial charge on any atom is -0.330 e. The van der Waals surface area contributed by atoms with Gasteiger partial charge in [0.25, 0.3) is 0 Å². The number of rotatable bonds is 1. The van der Waals surface area contributed by atoms with Crippen molar-refractivity contribution in [2.24, 2.45) is 11.7 Å². The van der Waals surface area contributed by atoms with E-state index in [-0.39, 0.29) is 5.41 Å². The molecule has 1 unspecified atom stereocenters. The van der Waals surface area contributed by atoms with Gasteiger partial charge < -0.3 is 5.73 Å². The summed E-state index contributed by atoms with van der Waals surface area (Å²) >= 11 is 3.61. The first-order chi connectivity index (χ1) is 6.57. The molecule has 0 radical (unpaired) electrons. The van der Waals surface area contributed by atoms with Gasteiger partial charge in [-0.3, -0.25) is 0 Å². The molecule has 2 N–H and O–H groups in total. The van der Waals surface area contributed by atoms with Crippen LogP contribution < -0.4 is 5.73 Å². The Balaban J connectivity index is 2.54. The third-order valence-corrected chi connectivity index (χ3v) is 4.31. The fourth-order valence-electron chi connectivity index (χ4n) is 2.47. The smallest absolute Gasteiger partial charge is 0.0210 e. The van der Waals surface area contributed by atoms with Gasteiger partial charge in [0.1, 0.15) is 0 Å². The van der Waals surface area contributed by atoms with Crippen LogP contribution >= 0.6 is 15.9 Å². The maximum Gasteiger partial charge on any atom is 0.0210 e. The average Bonchev–Trinajstić information content (AvgIpc) is 2.40. The Morgan fingerprint density at radius 3 is 2.79 bits per heavy atom. The lowest BCUT2D eigenvalue weighted by atomic mass is 9.79. The van der Waals surface area contributed by atoms with Gasteiger partial charge in [-0.2, -0.15) is 0 Å². The Labute approximate surface area is 93.8 Å². The Hall–Kier alpha value is -0.340. The lowest BCUT2D eigenvalue weighted by Gasteiger charge is -2.27. The van der Waals surface area contributed by atoms with Crippen LogP contribution in [0.1, 0.15) is 25.0 Å². The molecule has 0 aromatic heterocycles. The number of hydrogen-bond acceptors (Lipinski definition) is 1. The Kier molecular flexibility index (Phi) is 2.44. The number of halogens is 1.